The number of aryl methyl sites for hydroxylation is 1. The summed E-state index contributed by atoms with van der Waals surface area (Å²) in [6.07, 6.45) is -0.327. The number of aromatic nitrogens is 1. The highest BCUT2D eigenvalue weighted by Crippen LogP contribution is 2.27. The van der Waals surface area contributed by atoms with E-state index in [1.165, 1.54) is 24.3 Å². The SMILES string of the molecule is Cc1cc(Br)cc(F)c1Nc1nc2c(s1)=CC(OC(F)(F)F)C=CC=2. The fourth-order valence-electron chi connectivity index (χ4n) is 2.29. The number of ether oxygens (including phenoxy) is 1. The Bertz CT molecular complexity index is 929. The van der Waals surface area contributed by atoms with Crippen LogP contribution in [0.3, 0.4) is 0 Å². The summed E-state index contributed by atoms with van der Waals surface area (Å²) in [5.41, 5.74) is 0.939. The highest BCUT2D eigenvalue weighted by molar-refractivity contribution is 9.10. The molecule has 0 bridgehead atoms. The maximum Gasteiger partial charge on any atom is 0.523 e. The summed E-state index contributed by atoms with van der Waals surface area (Å²) >= 11 is 4.33. The highest BCUT2D eigenvalue weighted by Gasteiger charge is 2.32. The molecule has 1 aliphatic rings. The average molecular weight is 435 g/mol. The molecule has 3 nitrogen and oxygen atoms in total. The predicted molar refractivity (Wildman–Crippen MR) is 92.5 cm³/mol. The molecule has 0 saturated heterocycles. The molecule has 3 rings (SSSR count). The first-order valence-corrected chi connectivity index (χ1v) is 8.67. The number of hydrogen-bond acceptors (Lipinski definition) is 4. The average Bonchev–Trinajstić information content (AvgIpc) is 2.74. The van der Waals surface area contributed by atoms with E-state index in [9.17, 15) is 17.6 Å². The summed E-state index contributed by atoms with van der Waals surface area (Å²) in [7, 11) is 0. The van der Waals surface area contributed by atoms with Crippen LogP contribution < -0.4 is 15.2 Å². The fraction of sp³-hybridized carbons (Fsp3) is 0.188. The first kappa shape index (κ1) is 18.1. The Kier molecular flexibility index (Phi) is 4.99. The largest absolute Gasteiger partial charge is 0.523 e. The van der Waals surface area contributed by atoms with Gasteiger partial charge >= 0.3 is 6.36 Å². The minimum absolute atomic E-state index is 0.269. The Morgan fingerprint density at radius 1 is 1.32 bits per heavy atom. The third kappa shape index (κ3) is 4.47. The topological polar surface area (TPSA) is 34.2 Å². The Balaban J connectivity index is 1.93. The van der Waals surface area contributed by atoms with E-state index in [1.54, 1.807) is 19.1 Å². The Labute approximate surface area is 152 Å². The van der Waals surface area contributed by atoms with E-state index >= 15 is 0 Å². The molecule has 1 aliphatic carbocycles. The second kappa shape index (κ2) is 6.89. The van der Waals surface area contributed by atoms with Gasteiger partial charge in [-0.3, -0.25) is 4.74 Å². The van der Waals surface area contributed by atoms with Gasteiger partial charge in [-0.15, -0.1) is 13.2 Å². The van der Waals surface area contributed by atoms with Crippen molar-refractivity contribution < 1.29 is 22.3 Å². The number of benzene rings is 1. The Hall–Kier alpha value is -1.71. The van der Waals surface area contributed by atoms with Crippen molar-refractivity contribution in [1.29, 1.82) is 0 Å². The van der Waals surface area contributed by atoms with Gasteiger partial charge < -0.3 is 5.32 Å². The molecule has 25 heavy (non-hydrogen) atoms. The number of fused-ring (bicyclic) bond motifs is 1. The van der Waals surface area contributed by atoms with Gasteiger partial charge in [0.05, 0.1) is 15.6 Å². The van der Waals surface area contributed by atoms with Crippen LogP contribution in [0.25, 0.3) is 12.2 Å². The van der Waals surface area contributed by atoms with Crippen LogP contribution in [0.15, 0.2) is 28.8 Å². The number of nitrogens with one attached hydrogen (secondary N) is 1. The van der Waals surface area contributed by atoms with Crippen molar-refractivity contribution >= 4 is 50.2 Å². The van der Waals surface area contributed by atoms with Gasteiger partial charge in [0.25, 0.3) is 0 Å². The van der Waals surface area contributed by atoms with E-state index in [4.69, 9.17) is 0 Å². The van der Waals surface area contributed by atoms with Crippen molar-refractivity contribution in [2.24, 2.45) is 0 Å². The second-order valence-electron chi connectivity index (χ2n) is 5.22. The van der Waals surface area contributed by atoms with Crippen LogP contribution in [0.2, 0.25) is 0 Å². The molecule has 1 aromatic carbocycles. The maximum atomic E-state index is 14.1. The Morgan fingerprint density at radius 2 is 2.08 bits per heavy atom. The lowest BCUT2D eigenvalue weighted by atomic mass is 10.2. The molecule has 2 aromatic rings. The van der Waals surface area contributed by atoms with Gasteiger partial charge in [0.2, 0.25) is 0 Å². The van der Waals surface area contributed by atoms with Crippen LogP contribution in [0.5, 0.6) is 0 Å². The van der Waals surface area contributed by atoms with Crippen molar-refractivity contribution in [2.75, 3.05) is 5.32 Å². The molecule has 0 saturated carbocycles. The lowest BCUT2D eigenvalue weighted by Gasteiger charge is -2.11. The molecular formula is C16H11BrF4N2OS. The van der Waals surface area contributed by atoms with E-state index in [0.29, 0.717) is 25.0 Å². The number of alkyl halides is 3. The van der Waals surface area contributed by atoms with E-state index < -0.39 is 18.3 Å². The Morgan fingerprint density at radius 3 is 2.76 bits per heavy atom. The molecule has 1 N–H and O–H groups in total. The molecule has 1 atom stereocenters. The van der Waals surface area contributed by atoms with Crippen molar-refractivity contribution in [3.05, 3.63) is 50.0 Å². The molecule has 0 aliphatic heterocycles. The number of anilines is 2. The van der Waals surface area contributed by atoms with Crippen molar-refractivity contribution in [3.63, 3.8) is 0 Å². The molecular weight excluding hydrogens is 424 g/mol. The third-order valence-electron chi connectivity index (χ3n) is 3.31. The number of hydrogen-bond donors (Lipinski definition) is 1. The molecule has 0 spiro atoms. The minimum Gasteiger partial charge on any atom is -0.329 e. The maximum absolute atomic E-state index is 14.1. The van der Waals surface area contributed by atoms with E-state index in [-0.39, 0.29) is 5.69 Å². The van der Waals surface area contributed by atoms with E-state index in [0.717, 1.165) is 11.3 Å². The lowest BCUT2D eigenvalue weighted by molar-refractivity contribution is -0.328. The monoisotopic (exact) mass is 434 g/mol. The number of nitrogens with zero attached hydrogens (tertiary/aromatic N) is 1. The molecule has 0 amide bonds. The van der Waals surface area contributed by atoms with Crippen molar-refractivity contribution in [3.8, 4) is 0 Å². The number of halogens is 5. The van der Waals surface area contributed by atoms with Gasteiger partial charge in [-0.1, -0.05) is 39.4 Å². The summed E-state index contributed by atoms with van der Waals surface area (Å²) in [4.78, 5) is 4.30. The zero-order valence-corrected chi connectivity index (χ0v) is 15.1. The van der Waals surface area contributed by atoms with E-state index in [2.05, 4.69) is 31.0 Å². The number of rotatable bonds is 3. The molecule has 0 fully saturated rings. The van der Waals surface area contributed by atoms with Gasteiger partial charge in [0.1, 0.15) is 11.9 Å². The van der Waals surface area contributed by atoms with Crippen LogP contribution in [0, 0.1) is 12.7 Å². The van der Waals surface area contributed by atoms with Gasteiger partial charge in [0.15, 0.2) is 5.13 Å². The number of thiazole rings is 1. The van der Waals surface area contributed by atoms with Gasteiger partial charge in [0, 0.05) is 4.47 Å². The summed E-state index contributed by atoms with van der Waals surface area (Å²) in [6.45, 7) is 1.74. The minimum atomic E-state index is -4.74. The van der Waals surface area contributed by atoms with E-state index in [1.807, 2.05) is 0 Å². The number of allylic oxidation sites excluding steroid dienone is 1. The standard InChI is InChI=1S/C16H11BrF4N2OS/c1-8-5-9(17)6-11(18)14(8)23-15-22-12-4-2-3-10(7-13(12)25-15)24-16(19,20)21/h2-7,10H,1H3,(H,22,23). The predicted octanol–water partition coefficient (Wildman–Crippen LogP) is 4.13. The van der Waals surface area contributed by atoms with Crippen LogP contribution in [0.1, 0.15) is 5.56 Å². The smallest absolute Gasteiger partial charge is 0.329 e. The third-order valence-corrected chi connectivity index (χ3v) is 4.72. The summed E-state index contributed by atoms with van der Waals surface area (Å²) in [5.74, 6) is -0.455. The normalized spacial score (nSPS) is 16.6. The van der Waals surface area contributed by atoms with Gasteiger partial charge in [-0.25, -0.2) is 9.37 Å². The van der Waals surface area contributed by atoms with Crippen molar-refractivity contribution in [2.45, 2.75) is 19.4 Å². The molecule has 0 radical (unpaired) electrons. The van der Waals surface area contributed by atoms with Gasteiger partial charge in [-0.2, -0.15) is 0 Å². The molecule has 1 aromatic heterocycles. The second-order valence-corrected chi connectivity index (χ2v) is 7.17. The van der Waals surface area contributed by atoms with Crippen LogP contribution in [-0.4, -0.2) is 17.5 Å². The lowest BCUT2D eigenvalue weighted by Crippen LogP contribution is -2.25. The summed E-state index contributed by atoms with van der Waals surface area (Å²) in [6, 6.07) is 3.07. The molecule has 132 valence electrons. The summed E-state index contributed by atoms with van der Waals surface area (Å²) in [5, 5.41) is 3.76. The zero-order chi connectivity index (χ0) is 18.2. The fourth-order valence-corrected chi connectivity index (χ4v) is 3.76. The molecule has 9 heteroatoms. The molecule has 1 unspecified atom stereocenters. The summed E-state index contributed by atoms with van der Waals surface area (Å²) < 4.78 is 56.5. The first-order chi connectivity index (χ1) is 11.7. The molecule has 1 heterocycles. The zero-order valence-electron chi connectivity index (χ0n) is 12.7. The van der Waals surface area contributed by atoms with Crippen LogP contribution >= 0.6 is 27.3 Å². The van der Waals surface area contributed by atoms with Gasteiger partial charge in [-0.05, 0) is 36.8 Å². The van der Waals surface area contributed by atoms with Crippen LogP contribution in [-0.2, 0) is 4.74 Å². The van der Waals surface area contributed by atoms with Crippen molar-refractivity contribution in [1.82, 2.24) is 4.98 Å². The highest BCUT2D eigenvalue weighted by atomic mass is 79.9. The quantitative estimate of drug-likeness (QED) is 0.737. The first-order valence-electron chi connectivity index (χ1n) is 7.06. The van der Waals surface area contributed by atoms with Crippen LogP contribution in [0.4, 0.5) is 28.4 Å².